The molecule has 4 nitrogen and oxygen atoms in total. The monoisotopic (exact) mass is 264 g/mol. The minimum absolute atomic E-state index is 0.237. The summed E-state index contributed by atoms with van der Waals surface area (Å²) in [4.78, 5) is 4.28. The van der Waals surface area contributed by atoms with Gasteiger partial charge in [-0.3, -0.25) is 0 Å². The Hall–Kier alpha value is -2.54. The lowest BCUT2D eigenvalue weighted by atomic mass is 9.87. The van der Waals surface area contributed by atoms with Crippen molar-refractivity contribution in [3.8, 4) is 6.07 Å². The average Bonchev–Trinajstić information content (AvgIpc) is 2.47. The number of benzene rings is 1. The van der Waals surface area contributed by atoms with Crippen LogP contribution in [0.1, 0.15) is 35.7 Å². The van der Waals surface area contributed by atoms with Crippen LogP contribution >= 0.6 is 0 Å². The summed E-state index contributed by atoms with van der Waals surface area (Å²) in [5.74, 6) is 0.749. The van der Waals surface area contributed by atoms with E-state index >= 15 is 0 Å². The molecule has 1 aliphatic carbocycles. The Morgan fingerprint density at radius 2 is 2.20 bits per heavy atom. The molecule has 0 bridgehead atoms. The predicted molar refractivity (Wildman–Crippen MR) is 79.1 cm³/mol. The molecular formula is C16H16N4. The second-order valence-electron chi connectivity index (χ2n) is 5.07. The number of fused-ring (bicyclic) bond motifs is 1. The largest absolute Gasteiger partial charge is 0.399 e. The summed E-state index contributed by atoms with van der Waals surface area (Å²) in [5.41, 5.74) is 9.69. The van der Waals surface area contributed by atoms with Crippen molar-refractivity contribution in [1.29, 1.82) is 5.26 Å². The highest BCUT2D eigenvalue weighted by atomic mass is 15.0. The molecule has 0 radical (unpaired) electrons. The third kappa shape index (κ3) is 2.43. The fraction of sp³-hybridized carbons (Fsp3) is 0.250. The lowest BCUT2D eigenvalue weighted by molar-refractivity contribution is 0.599. The number of nitrogen functional groups attached to an aromatic ring is 1. The van der Waals surface area contributed by atoms with E-state index in [0.29, 0.717) is 5.69 Å². The Morgan fingerprint density at radius 3 is 3.05 bits per heavy atom. The van der Waals surface area contributed by atoms with Crippen LogP contribution < -0.4 is 11.1 Å². The molecular weight excluding hydrogens is 248 g/mol. The quantitative estimate of drug-likeness (QED) is 0.817. The van der Waals surface area contributed by atoms with E-state index in [9.17, 15) is 0 Å². The normalized spacial score (nSPS) is 17.1. The molecule has 1 heterocycles. The van der Waals surface area contributed by atoms with Crippen molar-refractivity contribution in [3.63, 3.8) is 0 Å². The summed E-state index contributed by atoms with van der Waals surface area (Å²) in [5, 5.41) is 12.3. The number of nitrogens with one attached hydrogen (secondary N) is 1. The van der Waals surface area contributed by atoms with Gasteiger partial charge in [0.05, 0.1) is 6.04 Å². The molecule has 100 valence electrons. The van der Waals surface area contributed by atoms with Crippen LogP contribution in [0.2, 0.25) is 0 Å². The Labute approximate surface area is 118 Å². The second kappa shape index (κ2) is 5.22. The Kier molecular flexibility index (Phi) is 3.26. The molecule has 1 atom stereocenters. The molecule has 4 heteroatoms. The van der Waals surface area contributed by atoms with Crippen LogP contribution in [0, 0.1) is 11.3 Å². The van der Waals surface area contributed by atoms with Crippen molar-refractivity contribution in [3.05, 3.63) is 53.2 Å². The molecule has 3 N–H and O–H groups in total. The average molecular weight is 264 g/mol. The fourth-order valence-corrected chi connectivity index (χ4v) is 2.74. The van der Waals surface area contributed by atoms with Crippen molar-refractivity contribution >= 4 is 11.5 Å². The van der Waals surface area contributed by atoms with Crippen LogP contribution in [-0.2, 0) is 6.42 Å². The number of hydrogen-bond acceptors (Lipinski definition) is 4. The third-order valence-corrected chi connectivity index (χ3v) is 3.67. The van der Waals surface area contributed by atoms with Crippen LogP contribution in [0.15, 0.2) is 36.4 Å². The Morgan fingerprint density at radius 1 is 1.30 bits per heavy atom. The van der Waals surface area contributed by atoms with Crippen LogP contribution in [-0.4, -0.2) is 4.98 Å². The molecule has 1 aromatic heterocycles. The van der Waals surface area contributed by atoms with E-state index in [1.807, 2.05) is 18.2 Å². The van der Waals surface area contributed by atoms with E-state index < -0.39 is 0 Å². The SMILES string of the molecule is N#Cc1cccc(NC2CCCc3cc(N)ccc32)n1. The maximum atomic E-state index is 8.90. The lowest BCUT2D eigenvalue weighted by Gasteiger charge is -2.27. The van der Waals surface area contributed by atoms with Gasteiger partial charge in [-0.25, -0.2) is 4.98 Å². The van der Waals surface area contributed by atoms with Gasteiger partial charge in [-0.15, -0.1) is 0 Å². The number of pyridine rings is 1. The summed E-state index contributed by atoms with van der Waals surface area (Å²) in [6, 6.07) is 13.8. The molecule has 0 saturated carbocycles. The number of nitriles is 1. The van der Waals surface area contributed by atoms with E-state index in [1.54, 1.807) is 6.07 Å². The topological polar surface area (TPSA) is 74.7 Å². The van der Waals surface area contributed by atoms with Gasteiger partial charge in [-0.2, -0.15) is 5.26 Å². The number of nitrogens with zero attached hydrogens (tertiary/aromatic N) is 2. The predicted octanol–water partition coefficient (Wildman–Crippen LogP) is 3.02. The van der Waals surface area contributed by atoms with Gasteiger partial charge in [0.2, 0.25) is 0 Å². The zero-order chi connectivity index (χ0) is 13.9. The molecule has 1 aliphatic rings. The zero-order valence-electron chi connectivity index (χ0n) is 11.1. The highest BCUT2D eigenvalue weighted by molar-refractivity contribution is 5.49. The van der Waals surface area contributed by atoms with E-state index in [0.717, 1.165) is 30.8 Å². The summed E-state index contributed by atoms with van der Waals surface area (Å²) in [6.07, 6.45) is 3.27. The molecule has 1 unspecified atom stereocenters. The number of aromatic nitrogens is 1. The van der Waals surface area contributed by atoms with Crippen LogP contribution in [0.5, 0.6) is 0 Å². The van der Waals surface area contributed by atoms with Gasteiger partial charge in [0.15, 0.2) is 0 Å². The van der Waals surface area contributed by atoms with Gasteiger partial charge < -0.3 is 11.1 Å². The first-order valence-corrected chi connectivity index (χ1v) is 6.78. The molecule has 2 aromatic rings. The van der Waals surface area contributed by atoms with Crippen molar-refractivity contribution in [2.45, 2.75) is 25.3 Å². The molecule has 0 fully saturated rings. The molecule has 0 amide bonds. The number of anilines is 2. The smallest absolute Gasteiger partial charge is 0.142 e. The van der Waals surface area contributed by atoms with E-state index in [1.165, 1.54) is 11.1 Å². The number of hydrogen-bond donors (Lipinski definition) is 2. The Balaban J connectivity index is 1.88. The van der Waals surface area contributed by atoms with Gasteiger partial charge in [-0.1, -0.05) is 12.1 Å². The maximum Gasteiger partial charge on any atom is 0.142 e. The molecule has 20 heavy (non-hydrogen) atoms. The van der Waals surface area contributed by atoms with E-state index in [2.05, 4.69) is 28.5 Å². The van der Waals surface area contributed by atoms with Crippen LogP contribution in [0.4, 0.5) is 11.5 Å². The number of rotatable bonds is 2. The first kappa shape index (κ1) is 12.5. The van der Waals surface area contributed by atoms with Crippen LogP contribution in [0.3, 0.4) is 0 Å². The van der Waals surface area contributed by atoms with Crippen molar-refractivity contribution in [2.75, 3.05) is 11.1 Å². The van der Waals surface area contributed by atoms with Gasteiger partial charge >= 0.3 is 0 Å². The van der Waals surface area contributed by atoms with Crippen molar-refractivity contribution in [2.24, 2.45) is 0 Å². The highest BCUT2D eigenvalue weighted by Gasteiger charge is 2.20. The van der Waals surface area contributed by atoms with Gasteiger partial charge in [0.1, 0.15) is 17.6 Å². The van der Waals surface area contributed by atoms with Gasteiger partial charge in [-0.05, 0) is 54.7 Å². The van der Waals surface area contributed by atoms with Crippen molar-refractivity contribution in [1.82, 2.24) is 4.98 Å². The molecule has 1 aromatic carbocycles. The molecule has 3 rings (SSSR count). The van der Waals surface area contributed by atoms with E-state index in [-0.39, 0.29) is 6.04 Å². The standard InChI is InChI=1S/C16H16N4/c17-10-13-4-2-6-16(19-13)20-15-5-1-3-11-9-12(18)7-8-14(11)15/h2,4,6-9,15H,1,3,5,18H2,(H,19,20). The highest BCUT2D eigenvalue weighted by Crippen LogP contribution is 2.33. The third-order valence-electron chi connectivity index (χ3n) is 3.67. The summed E-state index contributed by atoms with van der Waals surface area (Å²) in [7, 11) is 0. The minimum atomic E-state index is 0.237. The first-order valence-electron chi connectivity index (χ1n) is 6.78. The molecule has 0 aliphatic heterocycles. The maximum absolute atomic E-state index is 8.90. The van der Waals surface area contributed by atoms with Crippen LogP contribution in [0.25, 0.3) is 0 Å². The molecule has 0 spiro atoms. The minimum Gasteiger partial charge on any atom is -0.399 e. The summed E-state index contributed by atoms with van der Waals surface area (Å²) >= 11 is 0. The van der Waals surface area contributed by atoms with E-state index in [4.69, 9.17) is 11.0 Å². The number of aryl methyl sites for hydroxylation is 1. The summed E-state index contributed by atoms with van der Waals surface area (Å²) in [6.45, 7) is 0. The van der Waals surface area contributed by atoms with Gasteiger partial charge in [0, 0.05) is 5.69 Å². The molecule has 0 saturated heterocycles. The fourth-order valence-electron chi connectivity index (χ4n) is 2.74. The van der Waals surface area contributed by atoms with Crippen molar-refractivity contribution < 1.29 is 0 Å². The second-order valence-corrected chi connectivity index (χ2v) is 5.07. The lowest BCUT2D eigenvalue weighted by Crippen LogP contribution is -2.18. The van der Waals surface area contributed by atoms with Gasteiger partial charge in [0.25, 0.3) is 0 Å². The zero-order valence-corrected chi connectivity index (χ0v) is 11.1. The Bertz CT molecular complexity index is 672. The summed E-state index contributed by atoms with van der Waals surface area (Å²) < 4.78 is 0. The first-order chi connectivity index (χ1) is 9.76. The number of nitrogens with two attached hydrogens (primary N) is 1.